The Morgan fingerprint density at radius 2 is 2.29 bits per heavy atom. The van der Waals surface area contributed by atoms with Gasteiger partial charge in [0.15, 0.2) is 9.84 Å². The molecule has 1 saturated heterocycles. The molecule has 84 valence electrons. The highest BCUT2D eigenvalue weighted by atomic mass is 32.2. The molecule has 1 aliphatic rings. The van der Waals surface area contributed by atoms with Gasteiger partial charge in [-0.25, -0.2) is 8.42 Å². The number of ether oxygens (including phenoxy) is 2. The van der Waals surface area contributed by atoms with Gasteiger partial charge in [0.05, 0.1) is 24.2 Å². The molecule has 2 unspecified atom stereocenters. The molecule has 1 aliphatic heterocycles. The summed E-state index contributed by atoms with van der Waals surface area (Å²) in [4.78, 5) is 0. The maximum Gasteiger partial charge on any atom is 0.159 e. The van der Waals surface area contributed by atoms with Crippen LogP contribution in [0.25, 0.3) is 0 Å². The lowest BCUT2D eigenvalue weighted by atomic mass is 10.1. The van der Waals surface area contributed by atoms with E-state index in [-0.39, 0.29) is 25.0 Å². The molecule has 0 spiro atoms. The van der Waals surface area contributed by atoms with Gasteiger partial charge in [-0.05, 0) is 6.42 Å². The fraction of sp³-hybridized carbons (Fsp3) is 1.00. The lowest BCUT2D eigenvalue weighted by molar-refractivity contribution is 0.0889. The van der Waals surface area contributed by atoms with E-state index in [1.165, 1.54) is 7.11 Å². The minimum Gasteiger partial charge on any atom is -0.384 e. The van der Waals surface area contributed by atoms with Gasteiger partial charge in [-0.1, -0.05) is 0 Å². The maximum atomic E-state index is 11.7. The average Bonchev–Trinajstić information content (AvgIpc) is 2.15. The second-order valence-electron chi connectivity index (χ2n) is 3.43. The van der Waals surface area contributed by atoms with E-state index in [1.54, 1.807) is 0 Å². The van der Waals surface area contributed by atoms with E-state index >= 15 is 0 Å². The van der Waals surface area contributed by atoms with E-state index in [1.807, 2.05) is 0 Å². The van der Waals surface area contributed by atoms with E-state index in [2.05, 4.69) is 0 Å². The summed E-state index contributed by atoms with van der Waals surface area (Å²) in [7, 11) is -1.69. The van der Waals surface area contributed by atoms with Crippen molar-refractivity contribution in [2.45, 2.75) is 17.7 Å². The summed E-state index contributed by atoms with van der Waals surface area (Å²) in [5.41, 5.74) is 5.74. The van der Waals surface area contributed by atoms with Gasteiger partial charge in [0, 0.05) is 19.8 Å². The molecule has 0 aromatic carbocycles. The normalized spacial score (nSPS) is 29.0. The number of hydrogen-bond donors (Lipinski definition) is 1. The van der Waals surface area contributed by atoms with Crippen molar-refractivity contribution in [3.63, 3.8) is 0 Å². The Morgan fingerprint density at radius 1 is 1.57 bits per heavy atom. The first-order valence-electron chi connectivity index (χ1n) is 4.62. The minimum atomic E-state index is -3.17. The molecule has 0 bridgehead atoms. The zero-order chi connectivity index (χ0) is 10.6. The van der Waals surface area contributed by atoms with Gasteiger partial charge in [-0.15, -0.1) is 0 Å². The molecule has 0 aliphatic carbocycles. The quantitative estimate of drug-likeness (QED) is 0.672. The van der Waals surface area contributed by atoms with Crippen LogP contribution in [0.3, 0.4) is 0 Å². The molecule has 0 aromatic rings. The van der Waals surface area contributed by atoms with Crippen LogP contribution in [0.1, 0.15) is 6.42 Å². The number of nitrogens with two attached hydrogens (primary N) is 1. The van der Waals surface area contributed by atoms with Gasteiger partial charge in [-0.3, -0.25) is 0 Å². The highest BCUT2D eigenvalue weighted by Crippen LogP contribution is 2.14. The van der Waals surface area contributed by atoms with Crippen LogP contribution in [0.4, 0.5) is 0 Å². The highest BCUT2D eigenvalue weighted by Gasteiger charge is 2.33. The molecule has 2 atom stereocenters. The third-order valence-corrected chi connectivity index (χ3v) is 4.53. The molecule has 5 nitrogen and oxygen atoms in total. The van der Waals surface area contributed by atoms with E-state index < -0.39 is 15.1 Å². The summed E-state index contributed by atoms with van der Waals surface area (Å²) in [6.45, 7) is 0.982. The van der Waals surface area contributed by atoms with Crippen molar-refractivity contribution in [1.82, 2.24) is 0 Å². The summed E-state index contributed by atoms with van der Waals surface area (Å²) in [5.74, 6) is 0.0191. The fourth-order valence-corrected chi connectivity index (χ4v) is 3.12. The topological polar surface area (TPSA) is 78.6 Å². The third-order valence-electron chi connectivity index (χ3n) is 2.39. The van der Waals surface area contributed by atoms with Crippen molar-refractivity contribution >= 4 is 9.84 Å². The zero-order valence-corrected chi connectivity index (χ0v) is 9.13. The largest absolute Gasteiger partial charge is 0.384 e. The van der Waals surface area contributed by atoms with Crippen molar-refractivity contribution in [2.24, 2.45) is 5.73 Å². The van der Waals surface area contributed by atoms with Crippen molar-refractivity contribution in [1.29, 1.82) is 0 Å². The first kappa shape index (κ1) is 11.9. The standard InChI is InChI=1S/C8H17NO4S/c1-12-4-5-14(10,11)8-6-13-3-2-7(8)9/h7-8H,2-6,9H2,1H3. The number of rotatable bonds is 4. The van der Waals surface area contributed by atoms with Gasteiger partial charge >= 0.3 is 0 Å². The van der Waals surface area contributed by atoms with Crippen molar-refractivity contribution in [3.8, 4) is 0 Å². The molecule has 1 rings (SSSR count). The van der Waals surface area contributed by atoms with Crippen molar-refractivity contribution in [2.75, 3.05) is 32.7 Å². The molecule has 6 heteroatoms. The fourth-order valence-electron chi connectivity index (χ4n) is 1.45. The molecule has 0 aromatic heterocycles. The average molecular weight is 223 g/mol. The van der Waals surface area contributed by atoms with E-state index in [0.717, 1.165) is 0 Å². The van der Waals surface area contributed by atoms with Gasteiger partial charge in [-0.2, -0.15) is 0 Å². The Balaban J connectivity index is 2.60. The summed E-state index contributed by atoms with van der Waals surface area (Å²) >= 11 is 0. The zero-order valence-electron chi connectivity index (χ0n) is 8.31. The van der Waals surface area contributed by atoms with Crippen LogP contribution in [0.15, 0.2) is 0 Å². The van der Waals surface area contributed by atoms with E-state index in [9.17, 15) is 8.42 Å². The lowest BCUT2D eigenvalue weighted by Gasteiger charge is -2.28. The summed E-state index contributed by atoms with van der Waals surface area (Å²) < 4.78 is 33.3. The SMILES string of the molecule is COCCS(=O)(=O)C1COCCC1N. The summed E-state index contributed by atoms with van der Waals surface area (Å²) in [6, 6.07) is -0.300. The number of hydrogen-bond acceptors (Lipinski definition) is 5. The van der Waals surface area contributed by atoms with Gasteiger partial charge < -0.3 is 15.2 Å². The first-order valence-corrected chi connectivity index (χ1v) is 6.33. The molecule has 0 saturated carbocycles. The molecule has 14 heavy (non-hydrogen) atoms. The van der Waals surface area contributed by atoms with E-state index in [0.29, 0.717) is 13.0 Å². The predicted molar refractivity (Wildman–Crippen MR) is 52.9 cm³/mol. The Bertz CT molecular complexity index is 265. The Hall–Kier alpha value is -0.170. The van der Waals surface area contributed by atoms with Gasteiger partial charge in [0.2, 0.25) is 0 Å². The predicted octanol–water partition coefficient (Wildman–Crippen LogP) is -0.836. The van der Waals surface area contributed by atoms with Crippen LogP contribution >= 0.6 is 0 Å². The lowest BCUT2D eigenvalue weighted by Crippen LogP contribution is -2.48. The molecule has 1 heterocycles. The van der Waals surface area contributed by atoms with Gasteiger partial charge in [0.1, 0.15) is 0 Å². The summed E-state index contributed by atoms with van der Waals surface area (Å²) in [6.07, 6.45) is 0.608. The first-order chi connectivity index (χ1) is 6.58. The second kappa shape index (κ2) is 5.06. The summed E-state index contributed by atoms with van der Waals surface area (Å²) in [5, 5.41) is -0.564. The maximum absolute atomic E-state index is 11.7. The van der Waals surface area contributed by atoms with Crippen molar-refractivity contribution < 1.29 is 17.9 Å². The molecule has 0 radical (unpaired) electrons. The highest BCUT2D eigenvalue weighted by molar-refractivity contribution is 7.92. The molecule has 0 amide bonds. The van der Waals surface area contributed by atoms with Crippen LogP contribution in [0, 0.1) is 0 Å². The molecule has 2 N–H and O–H groups in total. The Labute approximate surface area is 84.5 Å². The minimum absolute atomic E-state index is 0.0191. The van der Waals surface area contributed by atoms with Crippen LogP contribution in [-0.2, 0) is 19.3 Å². The van der Waals surface area contributed by atoms with Crippen LogP contribution in [0.5, 0.6) is 0 Å². The van der Waals surface area contributed by atoms with Crippen LogP contribution < -0.4 is 5.73 Å². The number of methoxy groups -OCH3 is 1. The van der Waals surface area contributed by atoms with E-state index in [4.69, 9.17) is 15.2 Å². The monoisotopic (exact) mass is 223 g/mol. The Kier molecular flexibility index (Phi) is 4.31. The second-order valence-corrected chi connectivity index (χ2v) is 5.77. The van der Waals surface area contributed by atoms with Crippen LogP contribution in [-0.4, -0.2) is 52.4 Å². The molecular formula is C8H17NO4S. The number of sulfone groups is 1. The smallest absolute Gasteiger partial charge is 0.159 e. The molecule has 1 fully saturated rings. The van der Waals surface area contributed by atoms with Crippen LogP contribution in [0.2, 0.25) is 0 Å². The molecular weight excluding hydrogens is 206 g/mol. The third kappa shape index (κ3) is 2.91. The Morgan fingerprint density at radius 3 is 2.86 bits per heavy atom. The van der Waals surface area contributed by atoms with Crippen molar-refractivity contribution in [3.05, 3.63) is 0 Å². The van der Waals surface area contributed by atoms with Gasteiger partial charge in [0.25, 0.3) is 0 Å².